The summed E-state index contributed by atoms with van der Waals surface area (Å²) < 4.78 is 25.4. The molecule has 32 heavy (non-hydrogen) atoms. The van der Waals surface area contributed by atoms with Crippen molar-refractivity contribution >= 4 is 5.95 Å². The van der Waals surface area contributed by atoms with Crippen molar-refractivity contribution in [1.29, 1.82) is 0 Å². The van der Waals surface area contributed by atoms with Crippen LogP contribution < -0.4 is 11.1 Å². The highest BCUT2D eigenvalue weighted by atomic mass is 19.1. The van der Waals surface area contributed by atoms with Crippen LogP contribution in [-0.4, -0.2) is 46.2 Å². The number of nitrogens with zero attached hydrogens (tertiary/aromatic N) is 3. The molecular weight excluding hydrogens is 411 g/mol. The van der Waals surface area contributed by atoms with Crippen molar-refractivity contribution in [1.82, 2.24) is 19.9 Å². The van der Waals surface area contributed by atoms with E-state index in [2.05, 4.69) is 20.3 Å². The van der Waals surface area contributed by atoms with Gasteiger partial charge in [-0.15, -0.1) is 0 Å². The number of benzene rings is 1. The number of hydrogen-bond acceptors (Lipinski definition) is 7. The largest absolute Gasteiger partial charge is 0.354 e. The highest BCUT2D eigenvalue weighted by Gasteiger charge is 2.34. The Labute approximate surface area is 185 Å². The van der Waals surface area contributed by atoms with Gasteiger partial charge >= 0.3 is 0 Å². The lowest BCUT2D eigenvalue weighted by Gasteiger charge is -2.35. The average Bonchev–Trinajstić information content (AvgIpc) is 3.55. The van der Waals surface area contributed by atoms with E-state index >= 15 is 0 Å². The molecule has 2 fully saturated rings. The molecule has 4 N–H and O–H groups in total. The van der Waals surface area contributed by atoms with Crippen molar-refractivity contribution in [3.05, 3.63) is 48.2 Å². The van der Waals surface area contributed by atoms with Gasteiger partial charge in [0.25, 0.3) is 0 Å². The first-order chi connectivity index (χ1) is 15.5. The predicted octanol–water partition coefficient (Wildman–Crippen LogP) is 3.51. The standard InChI is InChI=1S/C23H27FN6O2/c1-23(11-25)12-31-21(32-13-23)20-29-18(15-4-6-16(24)7-5-15)19(30-20)17-8-9-26-22(28-17)27-10-14-2-3-14/h4-9,14,21H,2-3,10-13,25H2,1H3,(H,29,30)(H,26,27,28). The van der Waals surface area contributed by atoms with Crippen molar-refractivity contribution in [2.24, 2.45) is 17.1 Å². The molecule has 9 heteroatoms. The Hall–Kier alpha value is -2.88. The molecule has 0 spiro atoms. The molecule has 0 bridgehead atoms. The fraction of sp³-hybridized carbons (Fsp3) is 0.435. The van der Waals surface area contributed by atoms with Crippen molar-refractivity contribution in [2.45, 2.75) is 26.1 Å². The third-order valence-electron chi connectivity index (χ3n) is 5.88. The van der Waals surface area contributed by atoms with Gasteiger partial charge in [-0.3, -0.25) is 0 Å². The number of aromatic amines is 1. The number of imidazole rings is 1. The van der Waals surface area contributed by atoms with E-state index in [0.717, 1.165) is 12.1 Å². The van der Waals surface area contributed by atoms with Gasteiger partial charge in [0.2, 0.25) is 12.2 Å². The SMILES string of the molecule is CC1(CN)COC(c2nc(-c3ccc(F)cc3)c(-c3ccnc(NCC4CC4)n3)[nH]2)OC1. The first-order valence-electron chi connectivity index (χ1n) is 10.9. The van der Waals surface area contributed by atoms with E-state index in [-0.39, 0.29) is 11.2 Å². The molecule has 0 unspecified atom stereocenters. The Morgan fingerprint density at radius 2 is 1.91 bits per heavy atom. The van der Waals surface area contributed by atoms with E-state index in [1.54, 1.807) is 18.3 Å². The maximum absolute atomic E-state index is 13.5. The summed E-state index contributed by atoms with van der Waals surface area (Å²) >= 11 is 0. The molecule has 1 aromatic carbocycles. The van der Waals surface area contributed by atoms with E-state index < -0.39 is 6.29 Å². The molecule has 1 aliphatic carbocycles. The minimum atomic E-state index is -0.642. The zero-order valence-corrected chi connectivity index (χ0v) is 18.0. The highest BCUT2D eigenvalue weighted by molar-refractivity contribution is 5.77. The second-order valence-electron chi connectivity index (χ2n) is 8.91. The van der Waals surface area contributed by atoms with Crippen LogP contribution in [0.2, 0.25) is 0 Å². The minimum absolute atomic E-state index is 0.222. The second-order valence-corrected chi connectivity index (χ2v) is 8.91. The molecule has 3 aromatic rings. The van der Waals surface area contributed by atoms with Gasteiger partial charge in [-0.2, -0.15) is 0 Å². The average molecular weight is 439 g/mol. The summed E-state index contributed by atoms with van der Waals surface area (Å²) in [6.07, 6.45) is 3.57. The smallest absolute Gasteiger partial charge is 0.223 e. The van der Waals surface area contributed by atoms with Crippen LogP contribution in [-0.2, 0) is 9.47 Å². The Bertz CT molecular complexity index is 1070. The van der Waals surface area contributed by atoms with Crippen LogP contribution in [0.1, 0.15) is 31.9 Å². The topological polar surface area (TPSA) is 111 Å². The van der Waals surface area contributed by atoms with Crippen LogP contribution in [0.3, 0.4) is 0 Å². The molecule has 1 saturated heterocycles. The number of hydrogen-bond donors (Lipinski definition) is 3. The summed E-state index contributed by atoms with van der Waals surface area (Å²) in [6.45, 7) is 4.31. The molecule has 0 amide bonds. The van der Waals surface area contributed by atoms with E-state index in [1.165, 1.54) is 25.0 Å². The molecule has 0 radical (unpaired) electrons. The zero-order chi connectivity index (χ0) is 22.1. The maximum atomic E-state index is 13.5. The van der Waals surface area contributed by atoms with Crippen LogP contribution in [0.15, 0.2) is 36.5 Å². The number of aromatic nitrogens is 4. The van der Waals surface area contributed by atoms with Gasteiger partial charge in [0.15, 0.2) is 5.82 Å². The molecule has 168 valence electrons. The van der Waals surface area contributed by atoms with Gasteiger partial charge in [-0.1, -0.05) is 6.92 Å². The summed E-state index contributed by atoms with van der Waals surface area (Å²) in [6, 6.07) is 8.04. The number of anilines is 1. The predicted molar refractivity (Wildman–Crippen MR) is 118 cm³/mol. The fourth-order valence-corrected chi connectivity index (χ4v) is 3.57. The Kier molecular flexibility index (Phi) is 5.62. The Morgan fingerprint density at radius 1 is 1.16 bits per heavy atom. The van der Waals surface area contributed by atoms with Crippen molar-refractivity contribution in [3.8, 4) is 22.6 Å². The lowest BCUT2D eigenvalue weighted by molar-refractivity contribution is -0.231. The first-order valence-corrected chi connectivity index (χ1v) is 10.9. The van der Waals surface area contributed by atoms with Crippen LogP contribution in [0, 0.1) is 17.2 Å². The summed E-state index contributed by atoms with van der Waals surface area (Å²) in [5, 5.41) is 3.30. The van der Waals surface area contributed by atoms with Gasteiger partial charge in [0, 0.05) is 30.3 Å². The molecule has 1 saturated carbocycles. The van der Waals surface area contributed by atoms with Crippen molar-refractivity contribution in [3.63, 3.8) is 0 Å². The van der Waals surface area contributed by atoms with E-state index in [1.807, 2.05) is 13.0 Å². The fourth-order valence-electron chi connectivity index (χ4n) is 3.57. The first kappa shape index (κ1) is 21.0. The molecule has 1 aliphatic heterocycles. The van der Waals surface area contributed by atoms with E-state index in [0.29, 0.717) is 54.5 Å². The summed E-state index contributed by atoms with van der Waals surface area (Å²) in [5.74, 6) is 1.50. The minimum Gasteiger partial charge on any atom is -0.354 e. The third-order valence-corrected chi connectivity index (χ3v) is 5.88. The molecule has 5 rings (SSSR count). The second kappa shape index (κ2) is 8.57. The van der Waals surface area contributed by atoms with Gasteiger partial charge < -0.3 is 25.5 Å². The molecule has 0 atom stereocenters. The number of H-pyrrole nitrogens is 1. The summed E-state index contributed by atoms with van der Waals surface area (Å²) in [4.78, 5) is 17.1. The normalized spacial score (nSPS) is 23.3. The lowest BCUT2D eigenvalue weighted by atomic mass is 9.93. The van der Waals surface area contributed by atoms with Gasteiger partial charge in [0.1, 0.15) is 5.82 Å². The molecular formula is C23H27FN6O2. The molecule has 3 heterocycles. The third kappa shape index (κ3) is 4.50. The van der Waals surface area contributed by atoms with Crippen molar-refractivity contribution < 1.29 is 13.9 Å². The van der Waals surface area contributed by atoms with Gasteiger partial charge in [-0.05, 0) is 49.1 Å². The number of nitrogens with one attached hydrogen (secondary N) is 2. The Morgan fingerprint density at radius 3 is 2.59 bits per heavy atom. The molecule has 2 aliphatic rings. The molecule has 8 nitrogen and oxygen atoms in total. The summed E-state index contributed by atoms with van der Waals surface area (Å²) in [5.41, 5.74) is 8.40. The molecule has 2 aromatic heterocycles. The summed E-state index contributed by atoms with van der Waals surface area (Å²) in [7, 11) is 0. The quantitative estimate of drug-likeness (QED) is 0.518. The van der Waals surface area contributed by atoms with Crippen molar-refractivity contribution in [2.75, 3.05) is 31.6 Å². The van der Waals surface area contributed by atoms with Crippen LogP contribution >= 0.6 is 0 Å². The maximum Gasteiger partial charge on any atom is 0.223 e. The van der Waals surface area contributed by atoms with Crippen LogP contribution in [0.5, 0.6) is 0 Å². The Balaban J connectivity index is 1.48. The zero-order valence-electron chi connectivity index (χ0n) is 18.0. The van der Waals surface area contributed by atoms with Gasteiger partial charge in [-0.25, -0.2) is 19.3 Å². The number of rotatable bonds is 7. The van der Waals surface area contributed by atoms with E-state index in [4.69, 9.17) is 20.2 Å². The number of halogens is 1. The monoisotopic (exact) mass is 438 g/mol. The van der Waals surface area contributed by atoms with Crippen LogP contribution in [0.25, 0.3) is 22.6 Å². The highest BCUT2D eigenvalue weighted by Crippen LogP contribution is 2.35. The lowest BCUT2D eigenvalue weighted by Crippen LogP contribution is -2.42. The number of nitrogens with two attached hydrogens (primary N) is 1. The van der Waals surface area contributed by atoms with Crippen LogP contribution in [0.4, 0.5) is 10.3 Å². The van der Waals surface area contributed by atoms with E-state index in [9.17, 15) is 4.39 Å². The van der Waals surface area contributed by atoms with Gasteiger partial charge in [0.05, 0.1) is 30.3 Å². The number of ether oxygens (including phenoxy) is 2.